The van der Waals surface area contributed by atoms with Crippen molar-refractivity contribution in [3.8, 4) is 34.5 Å². The summed E-state index contributed by atoms with van der Waals surface area (Å²) in [7, 11) is 4.01. The number of alkyl halides is 3. The number of piperidine rings is 3. The Morgan fingerprint density at radius 2 is 0.713 bits per heavy atom. The standard InChI is InChI=1S/C32H38N2O5.C30H34N2O5.C29H29F3N2O5/c1-20-25(31(36)37-5)26-27(28(21-11-14-33-15-12-21)34-16-7-6-8-17-34)29(35)23-10-9-22(19-24(23)30(26)39-20)38-18-13-32(2,3)4;1-18(2)17-36-21-8-9-22-23(16-21)29-25(24(19(3)37-29)30(34)35-4)26(28(22)33)27(20-10-12-31-13-11-20)32-14-6-5-7-15-32;1-17-22(28(36)37-2)23-24(25(18-8-11-33-12-9-18)34-13-4-3-5-14-34)26(35)20-7-6-19(16-21(20)27(23)39-17)38-15-10-29(30,31)32/h9-12,14-15,19,28,35H,6-8,13,16-18H2,1-5H3;8-13,16,18,27,33H,5-7,14-15,17H2,1-4H3;6-9,11-12,16,25,35H,3-5,10,13-15H2,1-2H3. The van der Waals surface area contributed by atoms with E-state index < -0.39 is 43.2 Å². The molecule has 3 aliphatic rings. The van der Waals surface area contributed by atoms with Gasteiger partial charge in [0.1, 0.15) is 85.2 Å². The van der Waals surface area contributed by atoms with Crippen LogP contribution in [0.1, 0.15) is 205 Å². The van der Waals surface area contributed by atoms with E-state index in [0.717, 1.165) is 107 Å². The maximum Gasteiger partial charge on any atom is 0.392 e. The molecule has 24 heteroatoms. The van der Waals surface area contributed by atoms with Crippen molar-refractivity contribution in [2.45, 2.75) is 150 Å². The van der Waals surface area contributed by atoms with Gasteiger partial charge in [0.05, 0.1) is 65.7 Å². The molecule has 0 radical (unpaired) electrons. The van der Waals surface area contributed by atoms with Gasteiger partial charge < -0.3 is 57.0 Å². The molecule has 0 amide bonds. The van der Waals surface area contributed by atoms with E-state index in [-0.39, 0.29) is 46.1 Å². The van der Waals surface area contributed by atoms with Gasteiger partial charge in [-0.3, -0.25) is 29.7 Å². The number of methoxy groups -OCH3 is 3. The minimum absolute atomic E-state index is 0.0438. The Hall–Kier alpha value is -11.0. The summed E-state index contributed by atoms with van der Waals surface area (Å²) in [5, 5.41) is 40.9. The highest BCUT2D eigenvalue weighted by atomic mass is 19.4. The van der Waals surface area contributed by atoms with Gasteiger partial charge in [-0.25, -0.2) is 14.4 Å². The number of fused-ring (bicyclic) bond motifs is 9. The van der Waals surface area contributed by atoms with Crippen LogP contribution in [0, 0.1) is 32.1 Å². The summed E-state index contributed by atoms with van der Waals surface area (Å²) in [5.41, 5.74) is 7.17. The molecule has 3 N–H and O–H groups in total. The lowest BCUT2D eigenvalue weighted by Gasteiger charge is -2.36. The van der Waals surface area contributed by atoms with Crippen molar-refractivity contribution in [3.05, 3.63) is 196 Å². The van der Waals surface area contributed by atoms with Gasteiger partial charge in [-0.05, 0) is 224 Å². The molecule has 3 fully saturated rings. The number of carbonyl (C=O) groups is 3. The van der Waals surface area contributed by atoms with Crippen LogP contribution >= 0.6 is 0 Å². The maximum atomic E-state index is 13.1. The quantitative estimate of drug-likeness (QED) is 0.0446. The summed E-state index contributed by atoms with van der Waals surface area (Å²) in [6.07, 6.45) is 15.6. The number of carbonyl (C=O) groups excluding carboxylic acids is 3. The molecule has 0 saturated carbocycles. The highest BCUT2D eigenvalue weighted by Gasteiger charge is 2.39. The minimum Gasteiger partial charge on any atom is -0.507 e. The lowest BCUT2D eigenvalue weighted by molar-refractivity contribution is -0.139. The van der Waals surface area contributed by atoms with Crippen LogP contribution in [0.5, 0.6) is 34.5 Å². The number of halogens is 3. The van der Waals surface area contributed by atoms with Gasteiger partial charge in [0.25, 0.3) is 0 Å². The zero-order chi connectivity index (χ0) is 81.6. The van der Waals surface area contributed by atoms with Gasteiger partial charge in [-0.15, -0.1) is 0 Å². The normalized spacial score (nSPS) is 15.5. The highest BCUT2D eigenvalue weighted by molar-refractivity contribution is 6.19. The summed E-state index contributed by atoms with van der Waals surface area (Å²) < 4.78 is 89.7. The second kappa shape index (κ2) is 35.4. The van der Waals surface area contributed by atoms with E-state index in [1.54, 1.807) is 64.0 Å². The second-order valence-electron chi connectivity index (χ2n) is 31.5. The fourth-order valence-electron chi connectivity index (χ4n) is 16.5. The van der Waals surface area contributed by atoms with Gasteiger partial charge in [-0.2, -0.15) is 13.2 Å². The van der Waals surface area contributed by atoms with Crippen LogP contribution in [0.4, 0.5) is 13.2 Å². The summed E-state index contributed by atoms with van der Waals surface area (Å²) in [4.78, 5) is 58.9. The van der Waals surface area contributed by atoms with Crippen molar-refractivity contribution in [2.75, 3.05) is 80.4 Å². The first kappa shape index (κ1) is 82.0. The van der Waals surface area contributed by atoms with E-state index in [9.17, 15) is 42.9 Å². The molecule has 15 rings (SSSR count). The third kappa shape index (κ3) is 17.5. The molecule has 6 aromatic carbocycles. The topological polar surface area (TPSA) is 255 Å². The summed E-state index contributed by atoms with van der Waals surface area (Å²) >= 11 is 0. The van der Waals surface area contributed by atoms with Crippen molar-refractivity contribution in [2.24, 2.45) is 11.3 Å². The van der Waals surface area contributed by atoms with Gasteiger partial charge in [0.15, 0.2) is 0 Å². The molecule has 0 bridgehead atoms. The molecule has 606 valence electrons. The highest BCUT2D eigenvalue weighted by Crippen LogP contribution is 2.53. The monoisotopic (exact) mass is 1570 g/mol. The number of rotatable bonds is 21. The largest absolute Gasteiger partial charge is 0.507 e. The number of esters is 3. The van der Waals surface area contributed by atoms with Crippen LogP contribution in [0.25, 0.3) is 65.2 Å². The van der Waals surface area contributed by atoms with Crippen molar-refractivity contribution < 1.29 is 84.5 Å². The zero-order valence-corrected chi connectivity index (χ0v) is 67.1. The van der Waals surface area contributed by atoms with Crippen LogP contribution in [0.2, 0.25) is 0 Å². The molecule has 9 heterocycles. The molecule has 3 unspecified atom stereocenters. The summed E-state index contributed by atoms with van der Waals surface area (Å²) in [6, 6.07) is 26.7. The van der Waals surface area contributed by atoms with Crippen LogP contribution < -0.4 is 14.2 Å². The number of hydrogen-bond acceptors (Lipinski definition) is 21. The Bertz CT molecular complexity index is 5240. The zero-order valence-electron chi connectivity index (χ0n) is 67.1. The molecule has 0 spiro atoms. The van der Waals surface area contributed by atoms with Crippen LogP contribution in [0.3, 0.4) is 0 Å². The molecule has 0 aliphatic carbocycles. The predicted molar refractivity (Wildman–Crippen MR) is 435 cm³/mol. The Kier molecular flexibility index (Phi) is 25.3. The third-order valence-electron chi connectivity index (χ3n) is 22.0. The Morgan fingerprint density at radius 1 is 0.426 bits per heavy atom. The van der Waals surface area contributed by atoms with Gasteiger partial charge in [-0.1, -0.05) is 53.9 Å². The Balaban J connectivity index is 0.000000150. The van der Waals surface area contributed by atoms with E-state index in [4.69, 9.17) is 41.7 Å². The number of aromatic hydroxyl groups is 3. The number of likely N-dealkylation sites (tertiary alicyclic amines) is 3. The summed E-state index contributed by atoms with van der Waals surface area (Å²) in [5.74, 6) is 1.78. The van der Waals surface area contributed by atoms with E-state index >= 15 is 0 Å². The SMILES string of the molecule is COC(=O)c1c(C)oc2c1c(C(c1ccncc1)N1CCCCC1)c(O)c1ccc(OCC(C)C)cc12.COC(=O)c1c(C)oc2c1c(C(c1ccncc1)N1CCCCC1)c(O)c1ccc(OCCC(C)(C)C)cc12.COC(=O)c1c(C)oc2c1c(C(c1ccncc1)N1CCCCC1)c(O)c1ccc(OCCC(F)(F)F)cc12. The fraction of sp³-hybridized carbons (Fsp3) is 0.407. The average molecular weight is 1580 g/mol. The first-order valence-corrected chi connectivity index (χ1v) is 39.6. The number of furan rings is 3. The second-order valence-corrected chi connectivity index (χ2v) is 31.5. The van der Waals surface area contributed by atoms with E-state index in [1.165, 1.54) is 46.3 Å². The number of nitrogens with zero attached hydrogens (tertiary/aromatic N) is 6. The molecule has 115 heavy (non-hydrogen) atoms. The molecule has 12 aromatic rings. The molecular weight excluding hydrogens is 1470 g/mol. The summed E-state index contributed by atoms with van der Waals surface area (Å²) in [6.45, 7) is 21.6. The van der Waals surface area contributed by atoms with Crippen molar-refractivity contribution >= 4 is 83.1 Å². The first-order chi connectivity index (χ1) is 55.3. The number of benzene rings is 6. The fourth-order valence-corrected chi connectivity index (χ4v) is 16.5. The molecule has 3 saturated heterocycles. The third-order valence-corrected chi connectivity index (χ3v) is 22.0. The van der Waals surface area contributed by atoms with E-state index in [2.05, 4.69) is 64.3 Å². The van der Waals surface area contributed by atoms with E-state index in [1.807, 2.05) is 72.8 Å². The van der Waals surface area contributed by atoms with E-state index in [0.29, 0.717) is 141 Å². The maximum absolute atomic E-state index is 13.1. The lowest BCUT2D eigenvalue weighted by atomic mass is 9.88. The van der Waals surface area contributed by atoms with Crippen molar-refractivity contribution in [1.29, 1.82) is 0 Å². The van der Waals surface area contributed by atoms with Crippen LogP contribution in [-0.2, 0) is 14.2 Å². The number of phenolic OH excluding ortho intramolecular Hbond substituents is 3. The number of phenols is 3. The van der Waals surface area contributed by atoms with Gasteiger partial charge >= 0.3 is 24.1 Å². The molecular formula is C91H101F3N6O15. The van der Waals surface area contributed by atoms with Crippen LogP contribution in [-0.4, -0.2) is 149 Å². The van der Waals surface area contributed by atoms with Crippen molar-refractivity contribution in [1.82, 2.24) is 29.7 Å². The van der Waals surface area contributed by atoms with Crippen LogP contribution in [0.15, 0.2) is 141 Å². The molecule has 21 nitrogen and oxygen atoms in total. The molecule has 3 atom stereocenters. The smallest absolute Gasteiger partial charge is 0.392 e. The predicted octanol–water partition coefficient (Wildman–Crippen LogP) is 20.3. The Labute approximate surface area is 666 Å². The number of hydrogen-bond donors (Lipinski definition) is 3. The van der Waals surface area contributed by atoms with Gasteiger partial charge in [0, 0.05) is 102 Å². The first-order valence-electron chi connectivity index (χ1n) is 39.6. The number of aryl methyl sites for hydroxylation is 3. The number of aromatic nitrogens is 3. The lowest BCUT2D eigenvalue weighted by Crippen LogP contribution is -2.34. The van der Waals surface area contributed by atoms with Gasteiger partial charge in [0.2, 0.25) is 0 Å². The Morgan fingerprint density at radius 3 is 0.983 bits per heavy atom. The molecule has 3 aliphatic heterocycles. The molecule has 6 aromatic heterocycles. The number of pyridine rings is 3. The number of ether oxygens (including phenoxy) is 6. The average Bonchev–Trinajstić information content (AvgIpc) is 1.63. The van der Waals surface area contributed by atoms with Crippen molar-refractivity contribution in [3.63, 3.8) is 0 Å². The minimum atomic E-state index is -4.35.